The van der Waals surface area contributed by atoms with Gasteiger partial charge in [-0.25, -0.2) is 9.18 Å². The number of likely N-dealkylation sites (tertiary alicyclic amines) is 1. The van der Waals surface area contributed by atoms with Crippen LogP contribution in [0, 0.1) is 16.7 Å². The van der Waals surface area contributed by atoms with Gasteiger partial charge in [-0.2, -0.15) is 5.26 Å². The highest BCUT2D eigenvalue weighted by Gasteiger charge is 2.56. The first-order valence-corrected chi connectivity index (χ1v) is 13.9. The van der Waals surface area contributed by atoms with Gasteiger partial charge in [-0.15, -0.1) is 0 Å². The highest BCUT2D eigenvalue weighted by atomic mass is 19.1. The van der Waals surface area contributed by atoms with E-state index in [1.807, 2.05) is 36.4 Å². The molecule has 3 amide bonds. The molecule has 1 aromatic rings. The second-order valence-electron chi connectivity index (χ2n) is 11.1. The van der Waals surface area contributed by atoms with Crippen molar-refractivity contribution in [2.24, 2.45) is 5.41 Å². The zero-order valence-electron chi connectivity index (χ0n) is 22.5. The van der Waals surface area contributed by atoms with E-state index in [9.17, 15) is 24.0 Å². The Morgan fingerprint density at radius 3 is 2.34 bits per heavy atom. The Hall–Kier alpha value is -3.15. The van der Waals surface area contributed by atoms with E-state index in [1.54, 1.807) is 0 Å². The molecule has 5 rings (SSSR count). The number of ether oxygens (including phenoxy) is 1. The molecule has 0 aromatic heterocycles. The van der Waals surface area contributed by atoms with Gasteiger partial charge < -0.3 is 15.0 Å². The lowest BCUT2D eigenvalue weighted by Gasteiger charge is -2.56. The Labute approximate surface area is 224 Å². The van der Waals surface area contributed by atoms with Gasteiger partial charge in [0, 0.05) is 23.4 Å². The summed E-state index contributed by atoms with van der Waals surface area (Å²) in [7, 11) is 0. The molecule has 2 atom stereocenters. The van der Waals surface area contributed by atoms with Gasteiger partial charge in [-0.1, -0.05) is 44.2 Å². The lowest BCUT2D eigenvalue weighted by Crippen LogP contribution is -2.63. The van der Waals surface area contributed by atoms with Crippen LogP contribution in [0.1, 0.15) is 77.2 Å². The number of halogens is 1. The topological polar surface area (TPSA) is 103 Å². The Balaban J connectivity index is 1.51. The largest absolute Gasteiger partial charge is 0.445 e. The quantitative estimate of drug-likeness (QED) is 0.511. The lowest BCUT2D eigenvalue weighted by molar-refractivity contribution is -0.146. The fraction of sp³-hybridized carbons (Fsp3) is 0.655. The zero-order chi connectivity index (χ0) is 27.3. The van der Waals surface area contributed by atoms with Crippen molar-refractivity contribution >= 4 is 17.9 Å². The predicted molar refractivity (Wildman–Crippen MR) is 139 cm³/mol. The molecule has 4 fully saturated rings. The number of fused-ring (bicyclic) bond motifs is 3. The van der Waals surface area contributed by atoms with Gasteiger partial charge in [0.05, 0.1) is 12.6 Å². The fourth-order valence-corrected chi connectivity index (χ4v) is 6.37. The number of benzene rings is 1. The number of nitrogens with zero attached hydrogens (tertiary/aromatic N) is 3. The molecule has 4 aliphatic rings. The van der Waals surface area contributed by atoms with Crippen LogP contribution in [0.3, 0.4) is 0 Å². The fourth-order valence-electron chi connectivity index (χ4n) is 6.37. The summed E-state index contributed by atoms with van der Waals surface area (Å²) in [5.74, 6) is -0.353. The summed E-state index contributed by atoms with van der Waals surface area (Å²) < 4.78 is 19.7. The summed E-state index contributed by atoms with van der Waals surface area (Å²) >= 11 is 0. The van der Waals surface area contributed by atoms with Crippen LogP contribution in [-0.2, 0) is 20.9 Å². The van der Waals surface area contributed by atoms with Crippen molar-refractivity contribution in [3.8, 4) is 6.07 Å². The van der Waals surface area contributed by atoms with Crippen molar-refractivity contribution in [1.82, 2.24) is 15.1 Å². The molecule has 1 aromatic carbocycles. The number of nitriles is 1. The van der Waals surface area contributed by atoms with Gasteiger partial charge in [0.1, 0.15) is 25.4 Å². The minimum Gasteiger partial charge on any atom is -0.445 e. The number of amides is 3. The molecule has 8 nitrogen and oxygen atoms in total. The van der Waals surface area contributed by atoms with Crippen molar-refractivity contribution in [2.75, 3.05) is 13.1 Å². The van der Waals surface area contributed by atoms with Crippen LogP contribution in [0.2, 0.25) is 0 Å². The number of alkyl halides is 1. The molecule has 38 heavy (non-hydrogen) atoms. The van der Waals surface area contributed by atoms with Gasteiger partial charge in [-0.3, -0.25) is 14.5 Å². The number of carbonyl (C=O) groups excluding carboxylic acids is 3. The Morgan fingerprint density at radius 1 is 1.13 bits per heavy atom. The molecule has 1 aliphatic heterocycles. The van der Waals surface area contributed by atoms with Gasteiger partial charge in [0.25, 0.3) is 0 Å². The number of rotatable bonds is 9. The molecule has 1 N–H and O–H groups in total. The van der Waals surface area contributed by atoms with E-state index in [0.717, 1.165) is 18.4 Å². The molecular formula is C29H39FN4O4. The van der Waals surface area contributed by atoms with E-state index in [1.165, 1.54) is 9.80 Å². The van der Waals surface area contributed by atoms with Crippen molar-refractivity contribution in [2.45, 2.75) is 102 Å². The minimum absolute atomic E-state index is 0.0139. The summed E-state index contributed by atoms with van der Waals surface area (Å²) in [6.07, 6.45) is 3.56. The maximum Gasteiger partial charge on any atom is 0.411 e. The first-order chi connectivity index (χ1) is 18.3. The monoisotopic (exact) mass is 526 g/mol. The molecule has 2 bridgehead atoms. The van der Waals surface area contributed by atoms with Crippen molar-refractivity contribution in [1.29, 1.82) is 5.26 Å². The molecule has 206 valence electrons. The number of nitrogens with one attached hydrogen (secondary N) is 1. The Morgan fingerprint density at radius 2 is 1.76 bits per heavy atom. The van der Waals surface area contributed by atoms with E-state index in [4.69, 9.17) is 4.74 Å². The van der Waals surface area contributed by atoms with E-state index < -0.39 is 35.2 Å². The highest BCUT2D eigenvalue weighted by molar-refractivity contribution is 5.85. The van der Waals surface area contributed by atoms with Gasteiger partial charge >= 0.3 is 6.09 Å². The molecule has 0 radical (unpaired) electrons. The zero-order valence-corrected chi connectivity index (χ0v) is 22.5. The molecule has 0 spiro atoms. The van der Waals surface area contributed by atoms with Gasteiger partial charge in [0.15, 0.2) is 0 Å². The molecule has 3 aliphatic carbocycles. The van der Waals surface area contributed by atoms with Crippen LogP contribution in [0.15, 0.2) is 30.3 Å². The summed E-state index contributed by atoms with van der Waals surface area (Å²) in [5.41, 5.74) is -0.230. The highest BCUT2D eigenvalue weighted by Crippen LogP contribution is 2.55. The van der Waals surface area contributed by atoms with Crippen molar-refractivity contribution in [3.63, 3.8) is 0 Å². The molecule has 9 heteroatoms. The smallest absolute Gasteiger partial charge is 0.411 e. The van der Waals surface area contributed by atoms with Crippen LogP contribution in [0.5, 0.6) is 0 Å². The molecule has 1 heterocycles. The van der Waals surface area contributed by atoms with E-state index in [0.29, 0.717) is 38.5 Å². The maximum atomic E-state index is 14.0. The SMILES string of the molecule is CCC(CC)NC(=O)C12CCC(N(CC(=O)N3C[C@@H](F)C[C@H]3C#N)C(=O)OCc3ccccc3)(CC1)CC2. The van der Waals surface area contributed by atoms with E-state index >= 15 is 0 Å². The van der Waals surface area contributed by atoms with Crippen molar-refractivity contribution < 1.29 is 23.5 Å². The van der Waals surface area contributed by atoms with Crippen LogP contribution in [0.4, 0.5) is 9.18 Å². The van der Waals surface area contributed by atoms with Crippen LogP contribution < -0.4 is 5.32 Å². The molecule has 1 saturated heterocycles. The minimum atomic E-state index is -1.25. The van der Waals surface area contributed by atoms with E-state index in [2.05, 4.69) is 19.2 Å². The van der Waals surface area contributed by atoms with Crippen molar-refractivity contribution in [3.05, 3.63) is 35.9 Å². The van der Waals surface area contributed by atoms with Crippen LogP contribution in [-0.4, -0.2) is 64.6 Å². The average Bonchev–Trinajstić information content (AvgIpc) is 3.35. The normalized spacial score (nSPS) is 28.1. The molecule has 3 saturated carbocycles. The van der Waals surface area contributed by atoms with Gasteiger partial charge in [-0.05, 0) is 56.9 Å². The predicted octanol–water partition coefficient (Wildman–Crippen LogP) is 4.49. The second kappa shape index (κ2) is 11.7. The summed E-state index contributed by atoms with van der Waals surface area (Å²) in [6, 6.07) is 10.7. The lowest BCUT2D eigenvalue weighted by atomic mass is 9.56. The first-order valence-electron chi connectivity index (χ1n) is 13.9. The average molecular weight is 527 g/mol. The standard InChI is InChI=1S/C29H39FN4O4/c1-3-23(4-2)32-26(36)28-10-13-29(14-11-28,15-12-28)34(27(37)38-20-21-8-6-5-7-9-21)19-25(35)33-18-22(30)16-24(33)17-31/h5-9,22-24H,3-4,10-16,18-20H2,1-2H3,(H,32,36)/t22-,24-,28?,29?/m0/s1. The third kappa shape index (κ3) is 5.64. The summed E-state index contributed by atoms with van der Waals surface area (Å²) in [6.45, 7) is 3.79. The number of hydrogen-bond donors (Lipinski definition) is 1. The molecular weight excluding hydrogens is 487 g/mol. The molecule has 0 unspecified atom stereocenters. The second-order valence-corrected chi connectivity index (χ2v) is 11.1. The summed E-state index contributed by atoms with van der Waals surface area (Å²) in [4.78, 5) is 42.9. The maximum absolute atomic E-state index is 14.0. The Bertz CT molecular complexity index is 1030. The third-order valence-corrected chi connectivity index (χ3v) is 9.02. The van der Waals surface area contributed by atoms with E-state index in [-0.39, 0.29) is 38.1 Å². The van der Waals surface area contributed by atoms with Crippen LogP contribution in [0.25, 0.3) is 0 Å². The van der Waals surface area contributed by atoms with Gasteiger partial charge in [0.2, 0.25) is 11.8 Å². The number of hydrogen-bond acceptors (Lipinski definition) is 5. The number of carbonyl (C=O) groups is 3. The summed E-state index contributed by atoms with van der Waals surface area (Å²) in [5, 5.41) is 12.7. The van der Waals surface area contributed by atoms with Crippen LogP contribution >= 0.6 is 0 Å². The third-order valence-electron chi connectivity index (χ3n) is 9.02. The first kappa shape index (κ1) is 27.9. The Kier molecular flexibility index (Phi) is 8.59.